The van der Waals surface area contributed by atoms with Crippen molar-refractivity contribution in [3.05, 3.63) is 55.9 Å². The number of thiophene rings is 1. The summed E-state index contributed by atoms with van der Waals surface area (Å²) in [6.07, 6.45) is 2.83. The topological polar surface area (TPSA) is 72.2 Å². The number of hydrogen-bond donors (Lipinski definition) is 2. The Hall–Kier alpha value is -1.82. The molecule has 0 aliphatic carbocycles. The zero-order valence-electron chi connectivity index (χ0n) is 12.4. The predicted molar refractivity (Wildman–Crippen MR) is 96.4 cm³/mol. The van der Waals surface area contributed by atoms with E-state index in [9.17, 15) is 9.59 Å². The lowest BCUT2D eigenvalue weighted by molar-refractivity contribution is -0.111. The molecule has 0 aliphatic heterocycles. The molecule has 0 unspecified atom stereocenters. The summed E-state index contributed by atoms with van der Waals surface area (Å²) in [4.78, 5) is 24.5. The van der Waals surface area contributed by atoms with Gasteiger partial charge >= 0.3 is 0 Å². The molecule has 0 saturated carbocycles. The first-order chi connectivity index (χ1) is 10.8. The van der Waals surface area contributed by atoms with Gasteiger partial charge in [0.25, 0.3) is 5.91 Å². The SMILES string of the molecule is Cc1sc(NC(=O)C=Cc2c(Cl)cccc2Cl)c(C(N)=O)c1C. The van der Waals surface area contributed by atoms with Crippen LogP contribution >= 0.6 is 34.5 Å². The highest BCUT2D eigenvalue weighted by atomic mass is 35.5. The fraction of sp³-hybridized carbons (Fsp3) is 0.125. The number of nitrogens with two attached hydrogens (primary N) is 1. The Bertz CT molecular complexity index is 792. The molecular formula is C16H14Cl2N2O2S. The second kappa shape index (κ2) is 7.17. The van der Waals surface area contributed by atoms with Crippen molar-refractivity contribution in [2.24, 2.45) is 5.73 Å². The Morgan fingerprint density at radius 2 is 1.83 bits per heavy atom. The van der Waals surface area contributed by atoms with Gasteiger partial charge < -0.3 is 11.1 Å². The second-order valence-electron chi connectivity index (χ2n) is 4.81. The molecule has 120 valence electrons. The van der Waals surface area contributed by atoms with E-state index in [1.54, 1.807) is 25.1 Å². The Morgan fingerprint density at radius 3 is 2.39 bits per heavy atom. The molecule has 0 spiro atoms. The van der Waals surface area contributed by atoms with Gasteiger partial charge in [-0.2, -0.15) is 0 Å². The quantitative estimate of drug-likeness (QED) is 0.783. The van der Waals surface area contributed by atoms with Crippen molar-refractivity contribution in [3.8, 4) is 0 Å². The molecule has 3 N–H and O–H groups in total. The summed E-state index contributed by atoms with van der Waals surface area (Å²) in [5.41, 5.74) is 7.04. The number of carbonyl (C=O) groups excluding carboxylic acids is 2. The molecule has 1 aromatic carbocycles. The van der Waals surface area contributed by atoms with Crippen molar-refractivity contribution in [1.82, 2.24) is 0 Å². The van der Waals surface area contributed by atoms with Crippen LogP contribution in [0.25, 0.3) is 6.08 Å². The number of nitrogens with one attached hydrogen (secondary N) is 1. The highest BCUT2D eigenvalue weighted by molar-refractivity contribution is 7.16. The third-order valence-electron chi connectivity index (χ3n) is 3.27. The first-order valence-electron chi connectivity index (χ1n) is 6.64. The number of amides is 2. The number of rotatable bonds is 4. The molecule has 0 radical (unpaired) electrons. The van der Waals surface area contributed by atoms with Crippen LogP contribution in [-0.2, 0) is 4.79 Å². The number of halogens is 2. The predicted octanol–water partition coefficient (Wildman–Crippen LogP) is 4.42. The minimum Gasteiger partial charge on any atom is -0.365 e. The first kappa shape index (κ1) is 17.5. The maximum absolute atomic E-state index is 12.1. The van der Waals surface area contributed by atoms with E-state index in [1.807, 2.05) is 6.92 Å². The molecule has 0 fully saturated rings. The van der Waals surface area contributed by atoms with Crippen LogP contribution < -0.4 is 11.1 Å². The van der Waals surface area contributed by atoms with Gasteiger partial charge in [0, 0.05) is 26.6 Å². The standard InChI is InChI=1S/C16H14Cl2N2O2S/c1-8-9(2)23-16(14(8)15(19)22)20-13(21)7-6-10-11(17)4-3-5-12(10)18/h3-7H,1-2H3,(H2,19,22)(H,20,21). The summed E-state index contributed by atoms with van der Waals surface area (Å²) in [6, 6.07) is 5.09. The maximum atomic E-state index is 12.1. The third kappa shape index (κ3) is 3.93. The van der Waals surface area contributed by atoms with Crippen molar-refractivity contribution >= 4 is 57.4 Å². The lowest BCUT2D eigenvalue weighted by Crippen LogP contribution is -2.16. The molecule has 2 amide bonds. The highest BCUT2D eigenvalue weighted by Gasteiger charge is 2.18. The molecule has 1 aromatic heterocycles. The second-order valence-corrected chi connectivity index (χ2v) is 6.85. The third-order valence-corrected chi connectivity index (χ3v) is 5.05. The smallest absolute Gasteiger partial charge is 0.251 e. The van der Waals surface area contributed by atoms with E-state index in [-0.39, 0.29) is 0 Å². The number of hydrogen-bond acceptors (Lipinski definition) is 3. The Kier molecular flexibility index (Phi) is 5.46. The van der Waals surface area contributed by atoms with E-state index in [0.29, 0.717) is 26.2 Å². The molecule has 2 aromatic rings. The summed E-state index contributed by atoms with van der Waals surface area (Å²) < 4.78 is 0. The van der Waals surface area contributed by atoms with Crippen LogP contribution in [-0.4, -0.2) is 11.8 Å². The van der Waals surface area contributed by atoms with Gasteiger partial charge in [0.15, 0.2) is 0 Å². The van der Waals surface area contributed by atoms with E-state index in [2.05, 4.69) is 5.32 Å². The summed E-state index contributed by atoms with van der Waals surface area (Å²) in [5, 5.41) is 4.00. The van der Waals surface area contributed by atoms with Crippen LogP contribution in [0.2, 0.25) is 10.0 Å². The summed E-state index contributed by atoms with van der Waals surface area (Å²) in [7, 11) is 0. The number of carbonyl (C=O) groups is 2. The van der Waals surface area contributed by atoms with Crippen LogP contribution in [0.5, 0.6) is 0 Å². The molecule has 7 heteroatoms. The zero-order valence-corrected chi connectivity index (χ0v) is 14.8. The van der Waals surface area contributed by atoms with Crippen molar-refractivity contribution in [1.29, 1.82) is 0 Å². The van der Waals surface area contributed by atoms with Crippen molar-refractivity contribution in [3.63, 3.8) is 0 Å². The molecule has 0 saturated heterocycles. The van der Waals surface area contributed by atoms with Gasteiger partial charge in [0.1, 0.15) is 5.00 Å². The number of primary amides is 1. The maximum Gasteiger partial charge on any atom is 0.251 e. The molecule has 0 atom stereocenters. The van der Waals surface area contributed by atoms with Gasteiger partial charge in [0.2, 0.25) is 5.91 Å². The summed E-state index contributed by atoms with van der Waals surface area (Å²) in [5.74, 6) is -0.968. The van der Waals surface area contributed by atoms with Crippen LogP contribution in [0.4, 0.5) is 5.00 Å². The largest absolute Gasteiger partial charge is 0.365 e. The molecule has 4 nitrogen and oxygen atoms in total. The van der Waals surface area contributed by atoms with Gasteiger partial charge in [-0.25, -0.2) is 0 Å². The van der Waals surface area contributed by atoms with Gasteiger partial charge in [-0.3, -0.25) is 9.59 Å². The van der Waals surface area contributed by atoms with Gasteiger partial charge in [-0.05, 0) is 37.6 Å². The van der Waals surface area contributed by atoms with E-state index < -0.39 is 11.8 Å². The molecular weight excluding hydrogens is 355 g/mol. The van der Waals surface area contributed by atoms with Crippen molar-refractivity contribution < 1.29 is 9.59 Å². The van der Waals surface area contributed by atoms with Gasteiger partial charge in [-0.1, -0.05) is 29.3 Å². The fourth-order valence-corrected chi connectivity index (χ4v) is 3.59. The van der Waals surface area contributed by atoms with E-state index in [4.69, 9.17) is 28.9 Å². The van der Waals surface area contributed by atoms with E-state index >= 15 is 0 Å². The highest BCUT2D eigenvalue weighted by Crippen LogP contribution is 2.32. The van der Waals surface area contributed by atoms with E-state index in [1.165, 1.54) is 23.5 Å². The number of anilines is 1. The molecule has 0 aliphatic rings. The van der Waals surface area contributed by atoms with E-state index in [0.717, 1.165) is 10.4 Å². The van der Waals surface area contributed by atoms with Crippen LogP contribution in [0, 0.1) is 13.8 Å². The normalized spacial score (nSPS) is 11.0. The van der Waals surface area contributed by atoms with Gasteiger partial charge in [0.05, 0.1) is 5.56 Å². The lowest BCUT2D eigenvalue weighted by atomic mass is 10.1. The minimum atomic E-state index is -0.569. The van der Waals surface area contributed by atoms with Crippen molar-refractivity contribution in [2.75, 3.05) is 5.32 Å². The monoisotopic (exact) mass is 368 g/mol. The zero-order chi connectivity index (χ0) is 17.1. The Balaban J connectivity index is 2.22. The molecule has 0 bridgehead atoms. The molecule has 1 heterocycles. The Labute approximate surface area is 147 Å². The minimum absolute atomic E-state index is 0.338. The lowest BCUT2D eigenvalue weighted by Gasteiger charge is -2.03. The average Bonchev–Trinajstić information content (AvgIpc) is 2.73. The summed E-state index contributed by atoms with van der Waals surface area (Å²) in [6.45, 7) is 3.66. The van der Waals surface area contributed by atoms with Crippen LogP contribution in [0.3, 0.4) is 0 Å². The first-order valence-corrected chi connectivity index (χ1v) is 8.21. The fourth-order valence-electron chi connectivity index (χ4n) is 1.99. The Morgan fingerprint density at radius 1 is 1.22 bits per heavy atom. The van der Waals surface area contributed by atoms with Crippen LogP contribution in [0.15, 0.2) is 24.3 Å². The average molecular weight is 369 g/mol. The molecule has 2 rings (SSSR count). The number of benzene rings is 1. The summed E-state index contributed by atoms with van der Waals surface area (Å²) >= 11 is 13.4. The number of aryl methyl sites for hydroxylation is 1. The van der Waals surface area contributed by atoms with Crippen molar-refractivity contribution in [2.45, 2.75) is 13.8 Å². The van der Waals surface area contributed by atoms with Gasteiger partial charge in [-0.15, -0.1) is 11.3 Å². The van der Waals surface area contributed by atoms with Crippen LogP contribution in [0.1, 0.15) is 26.4 Å². The molecule has 23 heavy (non-hydrogen) atoms.